The smallest absolute Gasteiger partial charge is 0.272 e. The predicted octanol–water partition coefficient (Wildman–Crippen LogP) is 3.37. The number of thiazole rings is 1. The van der Waals surface area contributed by atoms with Gasteiger partial charge in [-0.15, -0.1) is 11.3 Å². The van der Waals surface area contributed by atoms with Crippen molar-refractivity contribution < 1.29 is 4.79 Å². The van der Waals surface area contributed by atoms with Crippen LogP contribution >= 0.6 is 11.3 Å². The first-order chi connectivity index (χ1) is 11.4. The third-order valence-electron chi connectivity index (χ3n) is 3.77. The number of pyridine rings is 1. The third kappa shape index (κ3) is 3.33. The minimum absolute atomic E-state index is 0.138. The lowest BCUT2D eigenvalue weighted by atomic mass is 9.96. The average molecular weight is 342 g/mol. The number of carbonyl (C=O) groups is 1. The van der Waals surface area contributed by atoms with Crippen LogP contribution in [-0.4, -0.2) is 26.8 Å². The van der Waals surface area contributed by atoms with Gasteiger partial charge in [0.1, 0.15) is 5.82 Å². The highest BCUT2D eigenvalue weighted by atomic mass is 32.1. The van der Waals surface area contributed by atoms with Crippen molar-refractivity contribution in [3.8, 4) is 0 Å². The third-order valence-corrected chi connectivity index (χ3v) is 4.59. The molecular weight excluding hydrogens is 320 g/mol. The normalized spacial score (nSPS) is 11.8. The van der Waals surface area contributed by atoms with Crippen molar-refractivity contribution in [2.24, 2.45) is 0 Å². The molecule has 1 amide bonds. The Morgan fingerprint density at radius 3 is 2.75 bits per heavy atom. The molecule has 0 bridgehead atoms. The minimum atomic E-state index is -0.138. The van der Waals surface area contributed by atoms with E-state index in [9.17, 15) is 4.79 Å². The number of fused-ring (bicyclic) bond motifs is 1. The number of aromatic nitrogens is 3. The van der Waals surface area contributed by atoms with E-state index in [2.05, 4.69) is 36.1 Å². The molecule has 0 aliphatic heterocycles. The van der Waals surface area contributed by atoms with Crippen molar-refractivity contribution in [2.45, 2.75) is 39.5 Å². The van der Waals surface area contributed by atoms with Crippen molar-refractivity contribution in [1.29, 1.82) is 0 Å². The largest absolute Gasteiger partial charge is 0.350 e. The molecule has 0 saturated carbocycles. The van der Waals surface area contributed by atoms with Crippen LogP contribution in [0.25, 0.3) is 5.52 Å². The van der Waals surface area contributed by atoms with Gasteiger partial charge in [-0.25, -0.2) is 9.97 Å². The molecule has 0 fully saturated rings. The lowest BCUT2D eigenvalue weighted by Crippen LogP contribution is -2.26. The summed E-state index contributed by atoms with van der Waals surface area (Å²) in [4.78, 5) is 21.6. The van der Waals surface area contributed by atoms with Gasteiger partial charge >= 0.3 is 0 Å². The number of carbonyl (C=O) groups excluding carboxylic acids is 1. The van der Waals surface area contributed by atoms with E-state index in [1.165, 1.54) is 0 Å². The van der Waals surface area contributed by atoms with E-state index in [0.717, 1.165) is 28.5 Å². The Morgan fingerprint density at radius 1 is 1.29 bits per heavy atom. The molecule has 0 saturated heterocycles. The summed E-state index contributed by atoms with van der Waals surface area (Å²) in [7, 11) is 0. The van der Waals surface area contributed by atoms with E-state index in [-0.39, 0.29) is 11.3 Å². The molecule has 3 rings (SSSR count). The Bertz CT molecular complexity index is 873. The van der Waals surface area contributed by atoms with Crippen LogP contribution in [0.4, 0.5) is 0 Å². The average Bonchev–Trinajstić information content (AvgIpc) is 3.10. The first-order valence-corrected chi connectivity index (χ1v) is 8.91. The molecular formula is C18H22N4OS. The molecule has 0 atom stereocenters. The molecule has 6 heteroatoms. The van der Waals surface area contributed by atoms with Crippen molar-refractivity contribution in [3.63, 3.8) is 0 Å². The number of hydrogen-bond acceptors (Lipinski definition) is 4. The molecule has 0 aromatic carbocycles. The zero-order valence-electron chi connectivity index (χ0n) is 14.5. The Kier molecular flexibility index (Phi) is 4.41. The van der Waals surface area contributed by atoms with Gasteiger partial charge in [0.15, 0.2) is 5.69 Å². The maximum atomic E-state index is 12.6. The summed E-state index contributed by atoms with van der Waals surface area (Å²) in [6.07, 6.45) is 2.69. The zero-order chi connectivity index (χ0) is 17.3. The molecule has 0 unspecified atom stereocenters. The summed E-state index contributed by atoms with van der Waals surface area (Å²) in [5.74, 6) is 0.750. The number of amides is 1. The highest BCUT2D eigenvalue weighted by Gasteiger charge is 2.24. The number of hydrogen-bond donors (Lipinski definition) is 1. The topological polar surface area (TPSA) is 59.3 Å². The Hall–Kier alpha value is -2.21. The lowest BCUT2D eigenvalue weighted by molar-refractivity contribution is 0.0951. The molecule has 0 radical (unpaired) electrons. The van der Waals surface area contributed by atoms with Crippen molar-refractivity contribution in [1.82, 2.24) is 19.7 Å². The Morgan fingerprint density at radius 2 is 2.08 bits per heavy atom. The van der Waals surface area contributed by atoms with Gasteiger partial charge in [0.05, 0.1) is 16.2 Å². The van der Waals surface area contributed by atoms with Crippen LogP contribution in [0, 0.1) is 6.92 Å². The summed E-state index contributed by atoms with van der Waals surface area (Å²) < 4.78 is 2.00. The molecule has 0 aliphatic rings. The SMILES string of the molecule is Cc1nc(CCNC(=O)c2nc(C(C)(C)C)n3ccccc23)cs1. The fourth-order valence-corrected chi connectivity index (χ4v) is 3.29. The van der Waals surface area contributed by atoms with Crippen molar-refractivity contribution in [3.05, 3.63) is 52.0 Å². The van der Waals surface area contributed by atoms with E-state index in [1.54, 1.807) is 11.3 Å². The van der Waals surface area contributed by atoms with E-state index in [1.807, 2.05) is 41.1 Å². The van der Waals surface area contributed by atoms with Crippen LogP contribution in [-0.2, 0) is 11.8 Å². The highest BCUT2D eigenvalue weighted by molar-refractivity contribution is 7.09. The minimum Gasteiger partial charge on any atom is -0.350 e. The molecule has 3 aromatic rings. The van der Waals surface area contributed by atoms with Crippen LogP contribution in [0.1, 0.15) is 47.8 Å². The molecule has 0 aliphatic carbocycles. The second-order valence-electron chi connectivity index (χ2n) is 6.85. The van der Waals surface area contributed by atoms with Gasteiger partial charge in [-0.2, -0.15) is 0 Å². The molecule has 1 N–H and O–H groups in total. The fraction of sp³-hybridized carbons (Fsp3) is 0.389. The van der Waals surface area contributed by atoms with Gasteiger partial charge in [0.2, 0.25) is 0 Å². The monoisotopic (exact) mass is 342 g/mol. The van der Waals surface area contributed by atoms with Gasteiger partial charge in [-0.3, -0.25) is 4.79 Å². The molecule has 5 nitrogen and oxygen atoms in total. The molecule has 3 heterocycles. The summed E-state index contributed by atoms with van der Waals surface area (Å²) in [6, 6.07) is 5.81. The van der Waals surface area contributed by atoms with E-state index in [4.69, 9.17) is 0 Å². The summed E-state index contributed by atoms with van der Waals surface area (Å²) in [5.41, 5.74) is 2.20. The van der Waals surface area contributed by atoms with Crippen LogP contribution in [0.2, 0.25) is 0 Å². The van der Waals surface area contributed by atoms with Gasteiger partial charge < -0.3 is 9.72 Å². The van der Waals surface area contributed by atoms with E-state index >= 15 is 0 Å². The predicted molar refractivity (Wildman–Crippen MR) is 96.8 cm³/mol. The number of nitrogens with zero attached hydrogens (tertiary/aromatic N) is 3. The first kappa shape index (κ1) is 16.6. The van der Waals surface area contributed by atoms with Crippen LogP contribution in [0.5, 0.6) is 0 Å². The van der Waals surface area contributed by atoms with Gasteiger partial charge in [0.25, 0.3) is 5.91 Å². The Balaban J connectivity index is 1.79. The maximum Gasteiger partial charge on any atom is 0.272 e. The molecule has 126 valence electrons. The van der Waals surface area contributed by atoms with Gasteiger partial charge in [0, 0.05) is 30.0 Å². The quantitative estimate of drug-likeness (QED) is 0.791. The fourth-order valence-electron chi connectivity index (χ4n) is 2.64. The standard InChI is InChI=1S/C18H22N4OS/c1-12-20-13(11-24-12)8-9-19-16(23)15-14-7-5-6-10-22(14)17(21-15)18(2,3)4/h5-7,10-11H,8-9H2,1-4H3,(H,19,23). The first-order valence-electron chi connectivity index (χ1n) is 8.03. The van der Waals surface area contributed by atoms with Crippen molar-refractivity contribution in [2.75, 3.05) is 6.54 Å². The summed E-state index contributed by atoms with van der Waals surface area (Å²) >= 11 is 1.63. The van der Waals surface area contributed by atoms with E-state index < -0.39 is 0 Å². The molecule has 3 aromatic heterocycles. The van der Waals surface area contributed by atoms with Crippen LogP contribution in [0.3, 0.4) is 0 Å². The number of rotatable bonds is 4. The molecule has 0 spiro atoms. The second kappa shape index (κ2) is 6.36. The summed E-state index contributed by atoms with van der Waals surface area (Å²) in [5, 5.41) is 6.04. The lowest BCUT2D eigenvalue weighted by Gasteiger charge is -2.16. The van der Waals surface area contributed by atoms with Crippen LogP contribution < -0.4 is 5.32 Å². The van der Waals surface area contributed by atoms with Crippen molar-refractivity contribution >= 4 is 22.8 Å². The maximum absolute atomic E-state index is 12.6. The Labute approximate surface area is 145 Å². The number of imidazole rings is 1. The van der Waals surface area contributed by atoms with Gasteiger partial charge in [-0.05, 0) is 19.1 Å². The number of nitrogens with one attached hydrogen (secondary N) is 1. The highest BCUT2D eigenvalue weighted by Crippen LogP contribution is 2.24. The van der Waals surface area contributed by atoms with E-state index in [0.29, 0.717) is 12.2 Å². The molecule has 24 heavy (non-hydrogen) atoms. The van der Waals surface area contributed by atoms with Crippen LogP contribution in [0.15, 0.2) is 29.8 Å². The number of aryl methyl sites for hydroxylation is 1. The summed E-state index contributed by atoms with van der Waals surface area (Å²) in [6.45, 7) is 8.83. The zero-order valence-corrected chi connectivity index (χ0v) is 15.3. The van der Waals surface area contributed by atoms with Gasteiger partial charge in [-0.1, -0.05) is 26.8 Å². The second-order valence-corrected chi connectivity index (χ2v) is 7.92.